The molecule has 0 rings (SSSR count). The summed E-state index contributed by atoms with van der Waals surface area (Å²) >= 11 is 0. The van der Waals surface area contributed by atoms with Crippen LogP contribution in [0.1, 0.15) is 45.4 Å². The van der Waals surface area contributed by atoms with Crippen LogP contribution in [-0.4, -0.2) is 5.78 Å². The Kier molecular flexibility index (Phi) is 11.1. The zero-order valence-electron chi connectivity index (χ0n) is 10.5. The number of carbonyl (C=O) groups excluding carboxylic acids is 1. The Morgan fingerprint density at radius 1 is 1.24 bits per heavy atom. The summed E-state index contributed by atoms with van der Waals surface area (Å²) < 4.78 is 0. The molecule has 0 unspecified atom stereocenters. The zero-order chi connectivity index (χ0) is 12.8. The van der Waals surface area contributed by atoms with Gasteiger partial charge in [0.05, 0.1) is 0 Å². The molecule has 0 N–H and O–H groups in total. The zero-order valence-corrected chi connectivity index (χ0v) is 10.5. The molecule has 0 spiro atoms. The Bertz CT molecular complexity index is 355. The molecule has 0 bridgehead atoms. The van der Waals surface area contributed by atoms with E-state index in [2.05, 4.69) is 17.8 Å². The third-order valence-electron chi connectivity index (χ3n) is 2.06. The molecule has 17 heavy (non-hydrogen) atoms. The number of carbonyl (C=O) groups is 1. The Hall–Kier alpha value is -1.73. The quantitative estimate of drug-likeness (QED) is 0.369. The predicted octanol–water partition coefficient (Wildman–Crippen LogP) is 3.67. The molecule has 0 fully saturated rings. The Balaban J connectivity index is 3.48. The topological polar surface area (TPSA) is 17.1 Å². The number of ketones is 1. The average molecular weight is 228 g/mol. The fourth-order valence-corrected chi connectivity index (χ4v) is 1.16. The summed E-state index contributed by atoms with van der Waals surface area (Å²) in [6, 6.07) is 0. The minimum atomic E-state index is 0.259. The minimum absolute atomic E-state index is 0.259. The summed E-state index contributed by atoms with van der Waals surface area (Å²) in [4.78, 5) is 10.7. The lowest BCUT2D eigenvalue weighted by molar-refractivity contribution is -0.117. The van der Waals surface area contributed by atoms with Crippen molar-refractivity contribution >= 4 is 5.78 Å². The van der Waals surface area contributed by atoms with Crippen molar-refractivity contribution in [2.24, 2.45) is 0 Å². The van der Waals surface area contributed by atoms with E-state index in [0.29, 0.717) is 6.42 Å². The van der Waals surface area contributed by atoms with Gasteiger partial charge in [-0.1, -0.05) is 30.1 Å². The van der Waals surface area contributed by atoms with E-state index in [4.69, 9.17) is 6.42 Å². The van der Waals surface area contributed by atoms with Gasteiger partial charge in [-0.2, -0.15) is 0 Å². The average Bonchev–Trinajstić information content (AvgIpc) is 2.30. The SMILES string of the molecule is C#CCC/C=C/C=C/C#CCCCCC(C)=O. The lowest BCUT2D eigenvalue weighted by Gasteiger charge is -1.91. The summed E-state index contributed by atoms with van der Waals surface area (Å²) in [5.41, 5.74) is 0. The van der Waals surface area contributed by atoms with Gasteiger partial charge in [-0.3, -0.25) is 0 Å². The van der Waals surface area contributed by atoms with Crippen LogP contribution >= 0.6 is 0 Å². The first-order valence-electron chi connectivity index (χ1n) is 6.00. The van der Waals surface area contributed by atoms with Crippen molar-refractivity contribution in [3.63, 3.8) is 0 Å². The molecule has 90 valence electrons. The van der Waals surface area contributed by atoms with Crippen LogP contribution in [0.25, 0.3) is 0 Å². The molecule has 0 aliphatic rings. The molecule has 0 aromatic rings. The molecule has 1 heteroatoms. The summed E-state index contributed by atoms with van der Waals surface area (Å²) in [5, 5.41) is 0. The van der Waals surface area contributed by atoms with Gasteiger partial charge in [-0.25, -0.2) is 0 Å². The van der Waals surface area contributed by atoms with E-state index in [9.17, 15) is 4.79 Å². The van der Waals surface area contributed by atoms with Gasteiger partial charge in [0, 0.05) is 19.3 Å². The Labute approximate surface area is 105 Å². The highest BCUT2D eigenvalue weighted by Crippen LogP contribution is 1.98. The number of terminal acetylenes is 1. The standard InChI is InChI=1S/C16H20O/c1-3-4-5-6-7-8-9-10-11-12-13-14-15-16(2)17/h1,6-9H,4-5,12-15H2,2H3/b7-6+,9-8+. The molecular formula is C16H20O. The van der Waals surface area contributed by atoms with Crippen molar-refractivity contribution in [1.29, 1.82) is 0 Å². The van der Waals surface area contributed by atoms with Crippen molar-refractivity contribution in [1.82, 2.24) is 0 Å². The van der Waals surface area contributed by atoms with Crippen LogP contribution in [0, 0.1) is 24.2 Å². The molecule has 0 aliphatic carbocycles. The van der Waals surface area contributed by atoms with Gasteiger partial charge in [0.1, 0.15) is 5.78 Å². The van der Waals surface area contributed by atoms with Crippen LogP contribution in [0.15, 0.2) is 24.3 Å². The van der Waals surface area contributed by atoms with Crippen LogP contribution in [-0.2, 0) is 4.79 Å². The van der Waals surface area contributed by atoms with E-state index in [0.717, 1.165) is 32.1 Å². The van der Waals surface area contributed by atoms with Crippen LogP contribution < -0.4 is 0 Å². The van der Waals surface area contributed by atoms with Crippen molar-refractivity contribution in [3.05, 3.63) is 24.3 Å². The van der Waals surface area contributed by atoms with Gasteiger partial charge in [0.15, 0.2) is 0 Å². The minimum Gasteiger partial charge on any atom is -0.300 e. The van der Waals surface area contributed by atoms with Crippen LogP contribution in [0.5, 0.6) is 0 Å². The largest absolute Gasteiger partial charge is 0.300 e. The van der Waals surface area contributed by atoms with E-state index < -0.39 is 0 Å². The van der Waals surface area contributed by atoms with E-state index in [1.807, 2.05) is 24.3 Å². The first kappa shape index (κ1) is 15.3. The lowest BCUT2D eigenvalue weighted by atomic mass is 10.1. The fourth-order valence-electron chi connectivity index (χ4n) is 1.16. The molecule has 0 radical (unpaired) electrons. The second-order valence-corrected chi connectivity index (χ2v) is 3.76. The number of rotatable bonds is 7. The number of allylic oxidation sites excluding steroid dienone is 4. The maximum Gasteiger partial charge on any atom is 0.129 e. The molecular weight excluding hydrogens is 208 g/mol. The molecule has 0 heterocycles. The summed E-state index contributed by atoms with van der Waals surface area (Å²) in [6.45, 7) is 1.63. The third-order valence-corrected chi connectivity index (χ3v) is 2.06. The smallest absolute Gasteiger partial charge is 0.129 e. The first-order chi connectivity index (χ1) is 8.27. The van der Waals surface area contributed by atoms with Gasteiger partial charge in [-0.05, 0) is 32.3 Å². The van der Waals surface area contributed by atoms with Crippen LogP contribution in [0.3, 0.4) is 0 Å². The third kappa shape index (κ3) is 14.3. The number of hydrogen-bond donors (Lipinski definition) is 0. The second kappa shape index (κ2) is 12.3. The second-order valence-electron chi connectivity index (χ2n) is 3.76. The highest BCUT2D eigenvalue weighted by molar-refractivity contribution is 5.75. The van der Waals surface area contributed by atoms with Gasteiger partial charge in [0.2, 0.25) is 0 Å². The molecule has 0 saturated heterocycles. The van der Waals surface area contributed by atoms with Crippen LogP contribution in [0.2, 0.25) is 0 Å². The fraction of sp³-hybridized carbons (Fsp3) is 0.438. The van der Waals surface area contributed by atoms with Crippen molar-refractivity contribution in [2.75, 3.05) is 0 Å². The number of hydrogen-bond acceptors (Lipinski definition) is 1. The van der Waals surface area contributed by atoms with E-state index >= 15 is 0 Å². The molecule has 1 nitrogen and oxygen atoms in total. The first-order valence-corrected chi connectivity index (χ1v) is 6.00. The number of Topliss-reactive ketones (excluding diaryl/α,β-unsaturated/α-hetero) is 1. The van der Waals surface area contributed by atoms with Gasteiger partial charge in [-0.15, -0.1) is 12.3 Å². The lowest BCUT2D eigenvalue weighted by Crippen LogP contribution is -1.88. The molecule has 0 saturated carbocycles. The highest BCUT2D eigenvalue weighted by Gasteiger charge is 1.90. The normalized spacial score (nSPS) is 10.1. The monoisotopic (exact) mass is 228 g/mol. The predicted molar refractivity (Wildman–Crippen MR) is 73.3 cm³/mol. The van der Waals surface area contributed by atoms with Gasteiger partial charge < -0.3 is 4.79 Å². The molecule has 0 atom stereocenters. The molecule has 0 amide bonds. The maximum absolute atomic E-state index is 10.7. The Morgan fingerprint density at radius 2 is 2.06 bits per heavy atom. The van der Waals surface area contributed by atoms with E-state index in [-0.39, 0.29) is 5.78 Å². The molecule has 0 aliphatic heterocycles. The van der Waals surface area contributed by atoms with Crippen LogP contribution in [0.4, 0.5) is 0 Å². The van der Waals surface area contributed by atoms with Crippen molar-refractivity contribution < 1.29 is 4.79 Å². The summed E-state index contributed by atoms with van der Waals surface area (Å²) in [6.07, 6.45) is 18.0. The summed E-state index contributed by atoms with van der Waals surface area (Å²) in [7, 11) is 0. The van der Waals surface area contributed by atoms with Gasteiger partial charge in [0.25, 0.3) is 0 Å². The van der Waals surface area contributed by atoms with Gasteiger partial charge >= 0.3 is 0 Å². The molecule has 0 aromatic carbocycles. The van der Waals surface area contributed by atoms with Crippen molar-refractivity contribution in [2.45, 2.75) is 45.4 Å². The highest BCUT2D eigenvalue weighted by atomic mass is 16.1. The van der Waals surface area contributed by atoms with E-state index in [1.165, 1.54) is 0 Å². The Morgan fingerprint density at radius 3 is 2.76 bits per heavy atom. The van der Waals surface area contributed by atoms with E-state index in [1.54, 1.807) is 6.92 Å². The maximum atomic E-state index is 10.7. The number of unbranched alkanes of at least 4 members (excludes halogenated alkanes) is 3. The van der Waals surface area contributed by atoms with Crippen molar-refractivity contribution in [3.8, 4) is 24.2 Å². The molecule has 0 aromatic heterocycles. The summed E-state index contributed by atoms with van der Waals surface area (Å²) in [5.74, 6) is 8.84.